The second-order valence-electron chi connectivity index (χ2n) is 6.56. The molecule has 1 spiro atoms. The number of piperidine rings is 1. The lowest BCUT2D eigenvalue weighted by Gasteiger charge is -2.37. The van der Waals surface area contributed by atoms with E-state index in [9.17, 15) is 4.79 Å². The molecule has 3 rings (SSSR count). The van der Waals surface area contributed by atoms with Crippen LogP contribution >= 0.6 is 0 Å². The van der Waals surface area contributed by atoms with Gasteiger partial charge in [-0.1, -0.05) is 12.1 Å². The number of rotatable bonds is 5. The van der Waals surface area contributed by atoms with E-state index in [4.69, 9.17) is 9.47 Å². The zero-order chi connectivity index (χ0) is 17.0. The van der Waals surface area contributed by atoms with Gasteiger partial charge >= 0.3 is 0 Å². The van der Waals surface area contributed by atoms with Crippen molar-refractivity contribution in [2.24, 2.45) is 0 Å². The SMILES string of the molecule is CCN(CC)C(=O)c1ccc(CN2CCC3(CC2)OCCO3)cc1. The van der Waals surface area contributed by atoms with Crippen molar-refractivity contribution in [1.29, 1.82) is 0 Å². The maximum absolute atomic E-state index is 12.3. The largest absolute Gasteiger partial charge is 0.347 e. The molecule has 2 aliphatic heterocycles. The number of hydrogen-bond donors (Lipinski definition) is 0. The molecule has 1 aromatic rings. The van der Waals surface area contributed by atoms with E-state index in [1.54, 1.807) is 0 Å². The van der Waals surface area contributed by atoms with E-state index in [1.807, 2.05) is 30.9 Å². The molecule has 132 valence electrons. The Balaban J connectivity index is 1.54. The van der Waals surface area contributed by atoms with Gasteiger partial charge in [0.25, 0.3) is 5.91 Å². The Bertz CT molecular complexity index is 538. The number of carbonyl (C=O) groups is 1. The van der Waals surface area contributed by atoms with E-state index in [2.05, 4.69) is 17.0 Å². The highest BCUT2D eigenvalue weighted by Gasteiger charge is 2.39. The molecule has 24 heavy (non-hydrogen) atoms. The number of ether oxygens (including phenoxy) is 2. The molecule has 2 fully saturated rings. The van der Waals surface area contributed by atoms with Gasteiger partial charge in [-0.3, -0.25) is 9.69 Å². The van der Waals surface area contributed by atoms with E-state index < -0.39 is 0 Å². The molecular formula is C19H28N2O3. The first-order valence-corrected chi connectivity index (χ1v) is 9.04. The van der Waals surface area contributed by atoms with Crippen LogP contribution in [0.4, 0.5) is 0 Å². The fraction of sp³-hybridized carbons (Fsp3) is 0.632. The van der Waals surface area contributed by atoms with Crippen molar-refractivity contribution in [2.45, 2.75) is 39.0 Å². The van der Waals surface area contributed by atoms with Crippen molar-refractivity contribution < 1.29 is 14.3 Å². The molecule has 0 N–H and O–H groups in total. The molecule has 0 atom stereocenters. The normalized spacial score (nSPS) is 20.4. The van der Waals surface area contributed by atoms with Crippen molar-refractivity contribution in [2.75, 3.05) is 39.4 Å². The number of likely N-dealkylation sites (tertiary alicyclic amines) is 1. The number of nitrogens with zero attached hydrogens (tertiary/aromatic N) is 2. The summed E-state index contributed by atoms with van der Waals surface area (Å²) >= 11 is 0. The maximum atomic E-state index is 12.3. The molecule has 0 bridgehead atoms. The molecule has 1 amide bonds. The highest BCUT2D eigenvalue weighted by Crippen LogP contribution is 2.31. The van der Waals surface area contributed by atoms with Gasteiger partial charge < -0.3 is 14.4 Å². The van der Waals surface area contributed by atoms with Crippen LogP contribution in [0, 0.1) is 0 Å². The van der Waals surface area contributed by atoms with Gasteiger partial charge in [-0.2, -0.15) is 0 Å². The second-order valence-corrected chi connectivity index (χ2v) is 6.56. The van der Waals surface area contributed by atoms with Crippen molar-refractivity contribution >= 4 is 5.91 Å². The average molecular weight is 332 g/mol. The number of amides is 1. The van der Waals surface area contributed by atoms with Crippen LogP contribution in [0.3, 0.4) is 0 Å². The molecule has 5 heteroatoms. The highest BCUT2D eigenvalue weighted by molar-refractivity contribution is 5.94. The fourth-order valence-electron chi connectivity index (χ4n) is 3.54. The van der Waals surface area contributed by atoms with E-state index in [0.29, 0.717) is 0 Å². The van der Waals surface area contributed by atoms with Crippen LogP contribution in [0.2, 0.25) is 0 Å². The maximum Gasteiger partial charge on any atom is 0.253 e. The zero-order valence-electron chi connectivity index (χ0n) is 14.8. The average Bonchev–Trinajstić information content (AvgIpc) is 3.07. The first-order valence-electron chi connectivity index (χ1n) is 9.04. The minimum absolute atomic E-state index is 0.113. The number of carbonyl (C=O) groups excluding carboxylic acids is 1. The molecule has 2 heterocycles. The van der Waals surface area contributed by atoms with E-state index in [1.165, 1.54) is 5.56 Å². The first kappa shape index (κ1) is 17.4. The minimum Gasteiger partial charge on any atom is -0.347 e. The molecule has 0 unspecified atom stereocenters. The number of benzene rings is 1. The molecule has 0 aliphatic carbocycles. The van der Waals surface area contributed by atoms with Gasteiger partial charge in [-0.15, -0.1) is 0 Å². The predicted molar refractivity (Wildman–Crippen MR) is 92.8 cm³/mol. The number of hydrogen-bond acceptors (Lipinski definition) is 4. The molecule has 5 nitrogen and oxygen atoms in total. The summed E-state index contributed by atoms with van der Waals surface area (Å²) in [7, 11) is 0. The standard InChI is InChI=1S/C19H28N2O3/c1-3-21(4-2)18(22)17-7-5-16(6-8-17)15-20-11-9-19(10-12-20)23-13-14-24-19/h5-8H,3-4,9-15H2,1-2H3. The molecule has 0 radical (unpaired) electrons. The van der Waals surface area contributed by atoms with Gasteiger partial charge in [0.05, 0.1) is 13.2 Å². The third-order valence-electron chi connectivity index (χ3n) is 5.09. The van der Waals surface area contributed by atoms with Gasteiger partial charge in [0.15, 0.2) is 5.79 Å². The Labute approximate surface area is 144 Å². The summed E-state index contributed by atoms with van der Waals surface area (Å²) in [6.45, 7) is 9.85. The zero-order valence-corrected chi connectivity index (χ0v) is 14.8. The molecule has 2 aliphatic rings. The van der Waals surface area contributed by atoms with Crippen molar-refractivity contribution in [3.63, 3.8) is 0 Å². The van der Waals surface area contributed by atoms with Gasteiger partial charge in [0, 0.05) is 51.1 Å². The molecule has 0 aromatic heterocycles. The van der Waals surface area contributed by atoms with E-state index in [0.717, 1.165) is 64.3 Å². The summed E-state index contributed by atoms with van der Waals surface area (Å²) in [5.41, 5.74) is 2.02. The smallest absolute Gasteiger partial charge is 0.253 e. The third-order valence-corrected chi connectivity index (χ3v) is 5.09. The lowest BCUT2D eigenvalue weighted by Crippen LogP contribution is -2.44. The van der Waals surface area contributed by atoms with Crippen molar-refractivity contribution in [3.8, 4) is 0 Å². The van der Waals surface area contributed by atoms with Crippen LogP contribution in [0.15, 0.2) is 24.3 Å². The van der Waals surface area contributed by atoms with Crippen LogP contribution < -0.4 is 0 Å². The topological polar surface area (TPSA) is 42.0 Å². The van der Waals surface area contributed by atoms with Crippen molar-refractivity contribution in [1.82, 2.24) is 9.80 Å². The Morgan fingerprint density at radius 1 is 1.08 bits per heavy atom. The highest BCUT2D eigenvalue weighted by atomic mass is 16.7. The molecular weight excluding hydrogens is 304 g/mol. The van der Waals surface area contributed by atoms with Gasteiger partial charge in [-0.05, 0) is 31.5 Å². The Morgan fingerprint density at radius 3 is 2.21 bits per heavy atom. The lowest BCUT2D eigenvalue weighted by molar-refractivity contribution is -0.185. The predicted octanol–water partition coefficient (Wildman–Crippen LogP) is 2.51. The van der Waals surface area contributed by atoms with Crippen LogP contribution in [-0.2, 0) is 16.0 Å². The summed E-state index contributed by atoms with van der Waals surface area (Å²) in [6, 6.07) is 8.04. The van der Waals surface area contributed by atoms with Gasteiger partial charge in [0.1, 0.15) is 0 Å². The summed E-state index contributed by atoms with van der Waals surface area (Å²) in [4.78, 5) is 16.6. The Hall–Kier alpha value is -1.43. The Morgan fingerprint density at radius 2 is 1.67 bits per heavy atom. The van der Waals surface area contributed by atoms with E-state index in [-0.39, 0.29) is 11.7 Å². The van der Waals surface area contributed by atoms with E-state index >= 15 is 0 Å². The summed E-state index contributed by atoms with van der Waals surface area (Å²) in [5, 5.41) is 0. The minimum atomic E-state index is -0.309. The second kappa shape index (κ2) is 7.64. The van der Waals surface area contributed by atoms with Crippen molar-refractivity contribution in [3.05, 3.63) is 35.4 Å². The fourth-order valence-corrected chi connectivity index (χ4v) is 3.54. The van der Waals surface area contributed by atoms with Crippen LogP contribution in [0.25, 0.3) is 0 Å². The quantitative estimate of drug-likeness (QED) is 0.831. The Kier molecular flexibility index (Phi) is 5.54. The van der Waals surface area contributed by atoms with Crippen LogP contribution in [0.5, 0.6) is 0 Å². The molecule has 2 saturated heterocycles. The van der Waals surface area contributed by atoms with Crippen LogP contribution in [-0.4, -0.2) is 60.9 Å². The third kappa shape index (κ3) is 3.79. The molecule has 0 saturated carbocycles. The first-order chi connectivity index (χ1) is 11.7. The molecule has 1 aromatic carbocycles. The van der Waals surface area contributed by atoms with Gasteiger partial charge in [-0.25, -0.2) is 0 Å². The monoisotopic (exact) mass is 332 g/mol. The lowest BCUT2D eigenvalue weighted by atomic mass is 10.0. The van der Waals surface area contributed by atoms with Gasteiger partial charge in [0.2, 0.25) is 0 Å². The summed E-state index contributed by atoms with van der Waals surface area (Å²) in [5.74, 6) is -0.196. The summed E-state index contributed by atoms with van der Waals surface area (Å²) < 4.78 is 11.5. The van der Waals surface area contributed by atoms with Crippen LogP contribution in [0.1, 0.15) is 42.6 Å². The summed E-state index contributed by atoms with van der Waals surface area (Å²) in [6.07, 6.45) is 1.87.